The number of nitrogens with one attached hydrogen (secondary N) is 2. The molecule has 6 heteroatoms. The maximum Gasteiger partial charge on any atom is 0.224 e. The van der Waals surface area contributed by atoms with Gasteiger partial charge in [0.2, 0.25) is 5.91 Å². The van der Waals surface area contributed by atoms with Gasteiger partial charge < -0.3 is 20.4 Å². The fourth-order valence-electron chi connectivity index (χ4n) is 3.65. The lowest BCUT2D eigenvalue weighted by molar-refractivity contribution is -0.129. The van der Waals surface area contributed by atoms with Crippen LogP contribution in [0.15, 0.2) is 35.3 Å². The zero-order valence-corrected chi connectivity index (χ0v) is 15.8. The molecule has 26 heavy (non-hydrogen) atoms. The van der Waals surface area contributed by atoms with E-state index in [0.29, 0.717) is 19.0 Å². The van der Waals surface area contributed by atoms with Crippen molar-refractivity contribution in [1.29, 1.82) is 0 Å². The minimum atomic E-state index is 0.234. The fraction of sp³-hybridized carbons (Fsp3) is 0.600. The van der Waals surface area contributed by atoms with Crippen molar-refractivity contribution >= 4 is 17.6 Å². The number of guanidine groups is 1. The zero-order chi connectivity index (χ0) is 18.2. The van der Waals surface area contributed by atoms with Crippen LogP contribution >= 0.6 is 0 Å². The number of hydrogen-bond acceptors (Lipinski definition) is 3. The van der Waals surface area contributed by atoms with Gasteiger partial charge in [0, 0.05) is 50.9 Å². The van der Waals surface area contributed by atoms with Gasteiger partial charge in [-0.05, 0) is 38.3 Å². The lowest BCUT2D eigenvalue weighted by Crippen LogP contribution is -2.44. The Morgan fingerprint density at radius 1 is 1.19 bits per heavy atom. The van der Waals surface area contributed by atoms with E-state index in [4.69, 9.17) is 0 Å². The molecule has 3 rings (SSSR count). The van der Waals surface area contributed by atoms with Gasteiger partial charge >= 0.3 is 0 Å². The summed E-state index contributed by atoms with van der Waals surface area (Å²) in [5.74, 6) is 1.06. The highest BCUT2D eigenvalue weighted by molar-refractivity contribution is 5.81. The average Bonchev–Trinajstić information content (AvgIpc) is 3.35. The van der Waals surface area contributed by atoms with Crippen LogP contribution in [0.5, 0.6) is 0 Å². The van der Waals surface area contributed by atoms with E-state index in [0.717, 1.165) is 57.9 Å². The van der Waals surface area contributed by atoms with Crippen molar-refractivity contribution in [1.82, 2.24) is 15.5 Å². The molecule has 0 radical (unpaired) electrons. The monoisotopic (exact) mass is 357 g/mol. The predicted molar refractivity (Wildman–Crippen MR) is 107 cm³/mol. The normalized spacial score (nSPS) is 20.5. The zero-order valence-electron chi connectivity index (χ0n) is 15.8. The Hall–Kier alpha value is -2.24. The van der Waals surface area contributed by atoms with Crippen LogP contribution in [0.1, 0.15) is 32.6 Å². The molecule has 0 saturated carbocycles. The summed E-state index contributed by atoms with van der Waals surface area (Å²) >= 11 is 0. The molecule has 6 nitrogen and oxygen atoms in total. The van der Waals surface area contributed by atoms with Crippen LogP contribution in [0.3, 0.4) is 0 Å². The third kappa shape index (κ3) is 5.13. The number of hydrogen-bond donors (Lipinski definition) is 2. The van der Waals surface area contributed by atoms with E-state index in [9.17, 15) is 4.79 Å². The van der Waals surface area contributed by atoms with Gasteiger partial charge in [0.1, 0.15) is 0 Å². The van der Waals surface area contributed by atoms with Crippen LogP contribution in [-0.4, -0.2) is 62.1 Å². The van der Waals surface area contributed by atoms with E-state index in [1.54, 1.807) is 0 Å². The summed E-state index contributed by atoms with van der Waals surface area (Å²) in [6.45, 7) is 7.28. The van der Waals surface area contributed by atoms with E-state index in [1.807, 2.05) is 4.90 Å². The molecule has 1 amide bonds. The first-order valence-corrected chi connectivity index (χ1v) is 9.89. The van der Waals surface area contributed by atoms with E-state index in [2.05, 4.69) is 57.8 Å². The number of aliphatic imine (C=N–C) groups is 1. The predicted octanol–water partition coefficient (Wildman–Crippen LogP) is 1.83. The van der Waals surface area contributed by atoms with Crippen LogP contribution in [0.2, 0.25) is 0 Å². The Balaban J connectivity index is 1.47. The SMILES string of the molecule is CCNC(=NCCC(=O)N1CCCC1)NC1CCN(c2ccccc2)C1. The molecule has 1 aromatic rings. The highest BCUT2D eigenvalue weighted by Crippen LogP contribution is 2.19. The first kappa shape index (κ1) is 18.5. The Labute approximate surface area is 156 Å². The number of likely N-dealkylation sites (tertiary alicyclic amines) is 1. The van der Waals surface area contributed by atoms with Crippen molar-refractivity contribution in [3.8, 4) is 0 Å². The van der Waals surface area contributed by atoms with Gasteiger partial charge in [0.05, 0.1) is 6.54 Å². The largest absolute Gasteiger partial charge is 0.369 e. The second-order valence-corrected chi connectivity index (χ2v) is 7.01. The Kier molecular flexibility index (Phi) is 6.75. The van der Waals surface area contributed by atoms with E-state index in [1.165, 1.54) is 5.69 Å². The summed E-state index contributed by atoms with van der Waals surface area (Å²) in [6, 6.07) is 10.9. The van der Waals surface area contributed by atoms with Crippen LogP contribution < -0.4 is 15.5 Å². The second kappa shape index (κ2) is 9.46. The highest BCUT2D eigenvalue weighted by Gasteiger charge is 2.23. The lowest BCUT2D eigenvalue weighted by atomic mass is 10.2. The van der Waals surface area contributed by atoms with Crippen molar-refractivity contribution < 1.29 is 4.79 Å². The molecular formula is C20H31N5O. The molecule has 0 bridgehead atoms. The van der Waals surface area contributed by atoms with Gasteiger partial charge in [-0.2, -0.15) is 0 Å². The molecule has 2 heterocycles. The minimum absolute atomic E-state index is 0.234. The number of para-hydroxylation sites is 1. The quantitative estimate of drug-likeness (QED) is 0.602. The van der Waals surface area contributed by atoms with Crippen molar-refractivity contribution in [2.24, 2.45) is 4.99 Å². The van der Waals surface area contributed by atoms with Crippen molar-refractivity contribution in [3.63, 3.8) is 0 Å². The average molecular weight is 358 g/mol. The third-order valence-corrected chi connectivity index (χ3v) is 5.05. The molecule has 0 spiro atoms. The molecule has 1 aromatic carbocycles. The molecule has 2 saturated heterocycles. The Morgan fingerprint density at radius 2 is 1.96 bits per heavy atom. The maximum absolute atomic E-state index is 12.1. The number of rotatable bonds is 6. The summed E-state index contributed by atoms with van der Waals surface area (Å²) in [4.78, 5) is 21.1. The smallest absolute Gasteiger partial charge is 0.224 e. The molecule has 1 unspecified atom stereocenters. The molecular weight excluding hydrogens is 326 g/mol. The van der Waals surface area contributed by atoms with E-state index < -0.39 is 0 Å². The highest BCUT2D eigenvalue weighted by atomic mass is 16.2. The minimum Gasteiger partial charge on any atom is -0.369 e. The first-order valence-electron chi connectivity index (χ1n) is 9.89. The first-order chi connectivity index (χ1) is 12.8. The van der Waals surface area contributed by atoms with Gasteiger partial charge in [0.15, 0.2) is 5.96 Å². The molecule has 2 fully saturated rings. The number of carbonyl (C=O) groups is 1. The third-order valence-electron chi connectivity index (χ3n) is 5.05. The lowest BCUT2D eigenvalue weighted by Gasteiger charge is -2.20. The number of amides is 1. The van der Waals surface area contributed by atoms with Crippen LogP contribution in [0.4, 0.5) is 5.69 Å². The topological polar surface area (TPSA) is 60.0 Å². The number of benzene rings is 1. The summed E-state index contributed by atoms with van der Waals surface area (Å²) < 4.78 is 0. The Morgan fingerprint density at radius 3 is 2.69 bits per heavy atom. The molecule has 0 aromatic heterocycles. The van der Waals surface area contributed by atoms with Crippen molar-refractivity contribution in [2.45, 2.75) is 38.6 Å². The fourth-order valence-corrected chi connectivity index (χ4v) is 3.65. The van der Waals surface area contributed by atoms with Gasteiger partial charge in [0.25, 0.3) is 0 Å². The van der Waals surface area contributed by atoms with Gasteiger partial charge in [-0.15, -0.1) is 0 Å². The second-order valence-electron chi connectivity index (χ2n) is 7.01. The maximum atomic E-state index is 12.1. The van der Waals surface area contributed by atoms with Gasteiger partial charge in [-0.3, -0.25) is 9.79 Å². The van der Waals surface area contributed by atoms with Crippen molar-refractivity contribution in [3.05, 3.63) is 30.3 Å². The summed E-state index contributed by atoms with van der Waals surface area (Å²) in [5.41, 5.74) is 1.27. The number of carbonyl (C=O) groups excluding carboxylic acids is 1. The van der Waals surface area contributed by atoms with Crippen LogP contribution in [0, 0.1) is 0 Å². The summed E-state index contributed by atoms with van der Waals surface area (Å²) in [5, 5.41) is 6.84. The van der Waals surface area contributed by atoms with Crippen LogP contribution in [-0.2, 0) is 4.79 Å². The molecule has 1 atom stereocenters. The van der Waals surface area contributed by atoms with Crippen LogP contribution in [0.25, 0.3) is 0 Å². The standard InChI is InChI=1S/C20H31N5O/c1-2-21-20(22-12-10-19(26)24-13-6-7-14-24)23-17-11-15-25(16-17)18-8-4-3-5-9-18/h3-5,8-9,17H,2,6-7,10-16H2,1H3,(H2,21,22,23). The summed E-state index contributed by atoms with van der Waals surface area (Å²) in [6.07, 6.45) is 3.86. The molecule has 2 aliphatic rings. The molecule has 0 aliphatic carbocycles. The van der Waals surface area contributed by atoms with Gasteiger partial charge in [-0.25, -0.2) is 0 Å². The summed E-state index contributed by atoms with van der Waals surface area (Å²) in [7, 11) is 0. The molecule has 142 valence electrons. The van der Waals surface area contributed by atoms with Crippen molar-refractivity contribution in [2.75, 3.05) is 44.2 Å². The van der Waals surface area contributed by atoms with Gasteiger partial charge in [-0.1, -0.05) is 18.2 Å². The Bertz CT molecular complexity index is 597. The number of nitrogens with zero attached hydrogens (tertiary/aromatic N) is 3. The van der Waals surface area contributed by atoms with E-state index in [-0.39, 0.29) is 5.91 Å². The van der Waals surface area contributed by atoms with E-state index >= 15 is 0 Å². The number of anilines is 1. The molecule has 2 aliphatic heterocycles. The molecule has 2 N–H and O–H groups in total.